The van der Waals surface area contributed by atoms with E-state index in [1.165, 1.54) is 0 Å². The van der Waals surface area contributed by atoms with Crippen molar-refractivity contribution in [1.29, 1.82) is 0 Å². The minimum absolute atomic E-state index is 0.0409. The van der Waals surface area contributed by atoms with Crippen molar-refractivity contribution in [3.05, 3.63) is 24.3 Å². The topological polar surface area (TPSA) is 55.9 Å². The number of nitrogens with one attached hydrogen (secondary N) is 1. The van der Waals surface area contributed by atoms with Crippen molar-refractivity contribution >= 4 is 35.0 Å². The smallest absolute Gasteiger partial charge is 0.244 e. The van der Waals surface area contributed by atoms with Crippen LogP contribution in [0, 0.1) is 0 Å². The Labute approximate surface area is 147 Å². The van der Waals surface area contributed by atoms with Gasteiger partial charge < -0.3 is 20.0 Å². The number of hydrogen-bond acceptors (Lipinski definition) is 5. The quantitative estimate of drug-likeness (QED) is 0.869. The minimum atomic E-state index is -0.134. The Bertz CT molecular complexity index is 602. The van der Waals surface area contributed by atoms with Crippen molar-refractivity contribution in [2.24, 2.45) is 0 Å². The van der Waals surface area contributed by atoms with Crippen LogP contribution in [0.2, 0.25) is 0 Å². The number of benzene rings is 1. The molecule has 0 aliphatic carbocycles. The number of piperazine rings is 1. The van der Waals surface area contributed by atoms with Crippen LogP contribution in [0.4, 0.5) is 11.4 Å². The third kappa shape index (κ3) is 4.02. The fourth-order valence-corrected chi connectivity index (χ4v) is 3.97. The molecule has 0 radical (unpaired) electrons. The zero-order chi connectivity index (χ0) is 16.9. The van der Waals surface area contributed by atoms with Gasteiger partial charge in [-0.1, -0.05) is 19.1 Å². The molecule has 24 heavy (non-hydrogen) atoms. The first-order valence-electron chi connectivity index (χ1n) is 8.39. The van der Waals surface area contributed by atoms with E-state index in [2.05, 4.69) is 22.0 Å². The third-order valence-corrected chi connectivity index (χ3v) is 5.44. The van der Waals surface area contributed by atoms with Crippen LogP contribution in [-0.4, -0.2) is 72.5 Å². The standard InChI is InChI=1S/C17H24N4O2S/c1-2-19-7-9-20(10-8-19)15-6-4-3-5-14(15)18-16(22)11-21-13-24-12-17(21)23/h3-6H,2,7-13H2,1H3,(H,18,22). The van der Waals surface area contributed by atoms with Gasteiger partial charge >= 0.3 is 0 Å². The number of amides is 2. The second-order valence-electron chi connectivity index (χ2n) is 6.06. The highest BCUT2D eigenvalue weighted by molar-refractivity contribution is 8.00. The number of anilines is 2. The summed E-state index contributed by atoms with van der Waals surface area (Å²) >= 11 is 1.55. The Kier molecular flexibility index (Phi) is 5.63. The maximum atomic E-state index is 12.3. The zero-order valence-corrected chi connectivity index (χ0v) is 14.8. The molecular weight excluding hydrogens is 324 g/mol. The summed E-state index contributed by atoms with van der Waals surface area (Å²) in [5.74, 6) is 0.989. The summed E-state index contributed by atoms with van der Waals surface area (Å²) in [6, 6.07) is 7.91. The number of nitrogens with zero attached hydrogens (tertiary/aromatic N) is 3. The molecule has 2 fully saturated rings. The van der Waals surface area contributed by atoms with Gasteiger partial charge in [0.1, 0.15) is 6.54 Å². The number of thioether (sulfide) groups is 1. The van der Waals surface area contributed by atoms with E-state index in [0.717, 1.165) is 44.1 Å². The van der Waals surface area contributed by atoms with Crippen molar-refractivity contribution in [2.45, 2.75) is 6.92 Å². The maximum absolute atomic E-state index is 12.3. The van der Waals surface area contributed by atoms with Gasteiger partial charge in [-0.3, -0.25) is 9.59 Å². The number of likely N-dealkylation sites (N-methyl/N-ethyl adjacent to an activating group) is 1. The molecule has 2 aliphatic rings. The maximum Gasteiger partial charge on any atom is 0.244 e. The Hall–Kier alpha value is -1.73. The van der Waals surface area contributed by atoms with E-state index in [-0.39, 0.29) is 18.4 Å². The largest absolute Gasteiger partial charge is 0.367 e. The first-order chi connectivity index (χ1) is 11.7. The Morgan fingerprint density at radius 2 is 1.96 bits per heavy atom. The molecule has 0 unspecified atom stereocenters. The van der Waals surface area contributed by atoms with Gasteiger partial charge in [-0.25, -0.2) is 0 Å². The van der Waals surface area contributed by atoms with E-state index in [0.29, 0.717) is 11.6 Å². The molecular formula is C17H24N4O2S. The molecule has 1 aromatic carbocycles. The van der Waals surface area contributed by atoms with E-state index in [1.54, 1.807) is 16.7 Å². The highest BCUT2D eigenvalue weighted by Gasteiger charge is 2.24. The summed E-state index contributed by atoms with van der Waals surface area (Å²) < 4.78 is 0. The first-order valence-corrected chi connectivity index (χ1v) is 9.54. The fourth-order valence-electron chi connectivity index (χ4n) is 3.06. The van der Waals surface area contributed by atoms with Crippen LogP contribution in [0.25, 0.3) is 0 Å². The zero-order valence-electron chi connectivity index (χ0n) is 14.0. The van der Waals surface area contributed by atoms with Crippen LogP contribution in [0.3, 0.4) is 0 Å². The number of carbonyl (C=O) groups excluding carboxylic acids is 2. The molecule has 0 aromatic heterocycles. The van der Waals surface area contributed by atoms with Crippen molar-refractivity contribution < 1.29 is 9.59 Å². The van der Waals surface area contributed by atoms with Gasteiger partial charge in [0.2, 0.25) is 11.8 Å². The molecule has 2 aliphatic heterocycles. The number of rotatable bonds is 5. The lowest BCUT2D eigenvalue weighted by Gasteiger charge is -2.36. The molecule has 130 valence electrons. The molecule has 0 atom stereocenters. The average Bonchev–Trinajstić information content (AvgIpc) is 3.00. The lowest BCUT2D eigenvalue weighted by Crippen LogP contribution is -2.46. The van der Waals surface area contributed by atoms with E-state index < -0.39 is 0 Å². The molecule has 6 nitrogen and oxygen atoms in total. The van der Waals surface area contributed by atoms with Gasteiger partial charge in [-0.05, 0) is 18.7 Å². The summed E-state index contributed by atoms with van der Waals surface area (Å²) in [5, 5.41) is 2.98. The van der Waals surface area contributed by atoms with Crippen molar-refractivity contribution in [2.75, 3.05) is 61.1 Å². The predicted octanol–water partition coefficient (Wildman–Crippen LogP) is 1.30. The van der Waals surface area contributed by atoms with Crippen LogP contribution in [-0.2, 0) is 9.59 Å². The molecule has 7 heteroatoms. The summed E-state index contributed by atoms with van der Waals surface area (Å²) in [5.41, 5.74) is 1.88. The van der Waals surface area contributed by atoms with Gasteiger partial charge in [0.05, 0.1) is 23.0 Å². The number of hydrogen-bond donors (Lipinski definition) is 1. The first kappa shape index (κ1) is 17.1. The summed E-state index contributed by atoms with van der Waals surface area (Å²) in [6.07, 6.45) is 0. The third-order valence-electron chi connectivity index (χ3n) is 4.50. The van der Waals surface area contributed by atoms with Crippen LogP contribution >= 0.6 is 11.8 Å². The van der Waals surface area contributed by atoms with Crippen molar-refractivity contribution in [3.63, 3.8) is 0 Å². The van der Waals surface area contributed by atoms with Crippen LogP contribution in [0.1, 0.15) is 6.92 Å². The van der Waals surface area contributed by atoms with E-state index in [1.807, 2.05) is 24.3 Å². The SMILES string of the molecule is CCN1CCN(c2ccccc2NC(=O)CN2CSCC2=O)CC1. The van der Waals surface area contributed by atoms with Crippen molar-refractivity contribution in [1.82, 2.24) is 9.80 Å². The lowest BCUT2D eigenvalue weighted by molar-refractivity contribution is -0.130. The number of para-hydroxylation sites is 2. The molecule has 2 heterocycles. The van der Waals surface area contributed by atoms with E-state index in [9.17, 15) is 9.59 Å². The second-order valence-corrected chi connectivity index (χ2v) is 7.01. The molecule has 0 saturated carbocycles. The fraction of sp³-hybridized carbons (Fsp3) is 0.529. The van der Waals surface area contributed by atoms with Gasteiger partial charge in [-0.2, -0.15) is 0 Å². The Morgan fingerprint density at radius 1 is 1.21 bits per heavy atom. The van der Waals surface area contributed by atoms with E-state index >= 15 is 0 Å². The molecule has 0 bridgehead atoms. The van der Waals surface area contributed by atoms with E-state index in [4.69, 9.17) is 0 Å². The van der Waals surface area contributed by atoms with Crippen molar-refractivity contribution in [3.8, 4) is 0 Å². The Morgan fingerprint density at radius 3 is 2.62 bits per heavy atom. The number of carbonyl (C=O) groups is 2. The molecule has 2 saturated heterocycles. The predicted molar refractivity (Wildman–Crippen MR) is 98.4 cm³/mol. The van der Waals surface area contributed by atoms with Gasteiger partial charge in [0.25, 0.3) is 0 Å². The minimum Gasteiger partial charge on any atom is -0.367 e. The van der Waals surface area contributed by atoms with Crippen LogP contribution < -0.4 is 10.2 Å². The molecule has 2 amide bonds. The van der Waals surface area contributed by atoms with Crippen LogP contribution in [0.5, 0.6) is 0 Å². The lowest BCUT2D eigenvalue weighted by atomic mass is 10.2. The summed E-state index contributed by atoms with van der Waals surface area (Å²) in [6.45, 7) is 7.39. The monoisotopic (exact) mass is 348 g/mol. The van der Waals surface area contributed by atoms with Gasteiger partial charge in [0, 0.05) is 26.2 Å². The van der Waals surface area contributed by atoms with Gasteiger partial charge in [-0.15, -0.1) is 11.8 Å². The summed E-state index contributed by atoms with van der Waals surface area (Å²) in [7, 11) is 0. The molecule has 0 spiro atoms. The second kappa shape index (κ2) is 7.90. The molecule has 1 aromatic rings. The summed E-state index contributed by atoms with van der Waals surface area (Å²) in [4.78, 5) is 30.3. The van der Waals surface area contributed by atoms with Crippen LogP contribution in [0.15, 0.2) is 24.3 Å². The highest BCUT2D eigenvalue weighted by Crippen LogP contribution is 2.26. The van der Waals surface area contributed by atoms with Gasteiger partial charge in [0.15, 0.2) is 0 Å². The normalized spacial score (nSPS) is 19.0. The highest BCUT2D eigenvalue weighted by atomic mass is 32.2. The average molecular weight is 348 g/mol. The Balaban J connectivity index is 1.63. The molecule has 3 rings (SSSR count). The molecule has 1 N–H and O–H groups in total.